The molecule has 0 amide bonds. The summed E-state index contributed by atoms with van der Waals surface area (Å²) in [5, 5.41) is 0.551. The van der Waals surface area contributed by atoms with Crippen LogP contribution in [0.3, 0.4) is 0 Å². The van der Waals surface area contributed by atoms with E-state index in [1.807, 2.05) is 32.9 Å². The second kappa shape index (κ2) is 5.19. The second-order valence-corrected chi connectivity index (χ2v) is 5.74. The lowest BCUT2D eigenvalue weighted by molar-refractivity contribution is -0.154. The van der Waals surface area contributed by atoms with Crippen LogP contribution in [0.1, 0.15) is 31.2 Å². The molecule has 2 nitrogen and oxygen atoms in total. The first-order chi connectivity index (χ1) is 7.31. The van der Waals surface area contributed by atoms with Gasteiger partial charge in [-0.3, -0.25) is 4.79 Å². The molecular weight excluding hydrogens is 291 g/mol. The first kappa shape index (κ1) is 13.5. The number of esters is 1. The van der Waals surface area contributed by atoms with Crippen molar-refractivity contribution in [3.63, 3.8) is 0 Å². The molecule has 1 atom stereocenters. The van der Waals surface area contributed by atoms with E-state index >= 15 is 0 Å². The number of hydrogen-bond acceptors (Lipinski definition) is 2. The highest BCUT2D eigenvalue weighted by Gasteiger charge is 2.25. The molecule has 0 aliphatic heterocycles. The Morgan fingerprint density at radius 1 is 1.38 bits per heavy atom. The molecule has 16 heavy (non-hydrogen) atoms. The molecule has 0 bridgehead atoms. The van der Waals surface area contributed by atoms with Crippen molar-refractivity contribution in [3.8, 4) is 0 Å². The van der Waals surface area contributed by atoms with E-state index in [0.717, 1.165) is 5.56 Å². The average molecular weight is 306 g/mol. The molecule has 88 valence electrons. The Labute approximate surface area is 109 Å². The Morgan fingerprint density at radius 2 is 1.94 bits per heavy atom. The van der Waals surface area contributed by atoms with Crippen molar-refractivity contribution in [1.29, 1.82) is 0 Å². The third kappa shape index (κ3) is 3.80. The summed E-state index contributed by atoms with van der Waals surface area (Å²) in [5.41, 5.74) is 0.225. The van der Waals surface area contributed by atoms with Crippen LogP contribution in [-0.2, 0) is 9.53 Å². The standard InChI is InChI=1S/C12H14BrClO2/c1-12(2,3)16-11(15)10(13)8-6-4-5-7-9(8)14/h4-7,10H,1-3H3. The predicted octanol–water partition coefficient (Wildman–Crippen LogP) is 4.12. The number of carbonyl (C=O) groups excluding carboxylic acids is 1. The molecule has 4 heteroatoms. The summed E-state index contributed by atoms with van der Waals surface area (Å²) in [5.74, 6) is -0.333. The number of carbonyl (C=O) groups is 1. The summed E-state index contributed by atoms with van der Waals surface area (Å²) in [6.45, 7) is 5.49. The van der Waals surface area contributed by atoms with Crippen molar-refractivity contribution < 1.29 is 9.53 Å². The predicted molar refractivity (Wildman–Crippen MR) is 69.0 cm³/mol. The Kier molecular flexibility index (Phi) is 4.39. The zero-order valence-electron chi connectivity index (χ0n) is 9.46. The summed E-state index contributed by atoms with van der Waals surface area (Å²) in [7, 11) is 0. The smallest absolute Gasteiger partial charge is 0.324 e. The van der Waals surface area contributed by atoms with Crippen molar-refractivity contribution in [1.82, 2.24) is 0 Å². The molecule has 0 N–H and O–H groups in total. The maximum atomic E-state index is 11.8. The molecule has 0 radical (unpaired) electrons. The number of ether oxygens (including phenoxy) is 1. The van der Waals surface area contributed by atoms with Gasteiger partial charge in [0.15, 0.2) is 0 Å². The largest absolute Gasteiger partial charge is 0.459 e. The molecule has 0 heterocycles. The number of benzene rings is 1. The van der Waals surface area contributed by atoms with Gasteiger partial charge < -0.3 is 4.74 Å². The average Bonchev–Trinajstić information content (AvgIpc) is 2.15. The van der Waals surface area contributed by atoms with Gasteiger partial charge in [0.25, 0.3) is 0 Å². The summed E-state index contributed by atoms with van der Waals surface area (Å²) in [4.78, 5) is 11.3. The Balaban J connectivity index is 2.83. The van der Waals surface area contributed by atoms with E-state index in [4.69, 9.17) is 16.3 Å². The Hall–Kier alpha value is -0.540. The van der Waals surface area contributed by atoms with Crippen LogP contribution >= 0.6 is 27.5 Å². The lowest BCUT2D eigenvalue weighted by Gasteiger charge is -2.22. The van der Waals surface area contributed by atoms with Gasteiger partial charge >= 0.3 is 5.97 Å². The molecule has 0 aromatic heterocycles. The van der Waals surface area contributed by atoms with Gasteiger partial charge in [0.1, 0.15) is 10.4 Å². The maximum Gasteiger partial charge on any atom is 0.324 e. The van der Waals surface area contributed by atoms with E-state index < -0.39 is 10.4 Å². The highest BCUT2D eigenvalue weighted by atomic mass is 79.9. The zero-order chi connectivity index (χ0) is 12.3. The first-order valence-electron chi connectivity index (χ1n) is 4.92. The van der Waals surface area contributed by atoms with E-state index in [-0.39, 0.29) is 5.97 Å². The van der Waals surface area contributed by atoms with Gasteiger partial charge in [-0.2, -0.15) is 0 Å². The fourth-order valence-corrected chi connectivity index (χ4v) is 2.03. The van der Waals surface area contributed by atoms with Crippen LogP contribution in [0.2, 0.25) is 5.02 Å². The second-order valence-electron chi connectivity index (χ2n) is 4.42. The van der Waals surface area contributed by atoms with Gasteiger partial charge in [-0.1, -0.05) is 45.7 Å². The molecule has 1 unspecified atom stereocenters. The molecule has 1 aromatic carbocycles. The number of alkyl halides is 1. The van der Waals surface area contributed by atoms with Crippen molar-refractivity contribution in [2.75, 3.05) is 0 Å². The number of halogens is 2. The molecule has 0 aliphatic rings. The quantitative estimate of drug-likeness (QED) is 0.607. The van der Waals surface area contributed by atoms with Gasteiger partial charge in [-0.15, -0.1) is 0 Å². The van der Waals surface area contributed by atoms with Crippen LogP contribution in [0.25, 0.3) is 0 Å². The van der Waals surface area contributed by atoms with Crippen molar-refractivity contribution >= 4 is 33.5 Å². The minimum Gasteiger partial charge on any atom is -0.459 e. The summed E-state index contributed by atoms with van der Waals surface area (Å²) in [6, 6.07) is 7.20. The maximum absolute atomic E-state index is 11.8. The first-order valence-corrected chi connectivity index (χ1v) is 6.22. The van der Waals surface area contributed by atoms with Crippen LogP contribution in [-0.4, -0.2) is 11.6 Å². The van der Waals surface area contributed by atoms with E-state index in [2.05, 4.69) is 15.9 Å². The molecule has 0 fully saturated rings. The topological polar surface area (TPSA) is 26.3 Å². The number of rotatable bonds is 2. The lowest BCUT2D eigenvalue weighted by atomic mass is 10.1. The van der Waals surface area contributed by atoms with E-state index in [9.17, 15) is 4.79 Å². The fourth-order valence-electron chi connectivity index (χ4n) is 1.16. The normalized spacial score (nSPS) is 13.3. The monoisotopic (exact) mass is 304 g/mol. The van der Waals surface area contributed by atoms with Gasteiger partial charge in [-0.25, -0.2) is 0 Å². The molecule has 1 aromatic rings. The molecule has 1 rings (SSSR count). The SMILES string of the molecule is CC(C)(C)OC(=O)C(Br)c1ccccc1Cl. The Morgan fingerprint density at radius 3 is 2.44 bits per heavy atom. The van der Waals surface area contributed by atoms with Gasteiger partial charge in [0.2, 0.25) is 0 Å². The van der Waals surface area contributed by atoms with Crippen LogP contribution in [0.15, 0.2) is 24.3 Å². The van der Waals surface area contributed by atoms with Crippen molar-refractivity contribution in [3.05, 3.63) is 34.9 Å². The molecule has 0 spiro atoms. The number of hydrogen-bond donors (Lipinski definition) is 0. The van der Waals surface area contributed by atoms with Crippen LogP contribution in [0.4, 0.5) is 0 Å². The highest BCUT2D eigenvalue weighted by Crippen LogP contribution is 2.31. The van der Waals surface area contributed by atoms with E-state index in [0.29, 0.717) is 5.02 Å². The molecular formula is C12H14BrClO2. The third-order valence-electron chi connectivity index (χ3n) is 1.79. The van der Waals surface area contributed by atoms with Crippen LogP contribution in [0, 0.1) is 0 Å². The summed E-state index contributed by atoms with van der Waals surface area (Å²) < 4.78 is 5.26. The molecule has 0 aliphatic carbocycles. The van der Waals surface area contributed by atoms with Crippen molar-refractivity contribution in [2.24, 2.45) is 0 Å². The highest BCUT2D eigenvalue weighted by molar-refractivity contribution is 9.09. The Bertz CT molecular complexity index is 385. The summed E-state index contributed by atoms with van der Waals surface area (Å²) in [6.07, 6.45) is 0. The third-order valence-corrected chi connectivity index (χ3v) is 3.00. The minimum atomic E-state index is -0.527. The zero-order valence-corrected chi connectivity index (χ0v) is 11.8. The van der Waals surface area contributed by atoms with E-state index in [1.54, 1.807) is 12.1 Å². The molecule has 0 saturated heterocycles. The minimum absolute atomic E-state index is 0.333. The van der Waals surface area contributed by atoms with E-state index in [1.165, 1.54) is 0 Å². The lowest BCUT2D eigenvalue weighted by Crippen LogP contribution is -2.26. The van der Waals surface area contributed by atoms with Crippen molar-refractivity contribution in [2.45, 2.75) is 31.2 Å². The van der Waals surface area contributed by atoms with Gasteiger partial charge in [0, 0.05) is 5.02 Å². The fraction of sp³-hybridized carbons (Fsp3) is 0.417. The van der Waals surface area contributed by atoms with Gasteiger partial charge in [0.05, 0.1) is 0 Å². The summed E-state index contributed by atoms with van der Waals surface area (Å²) >= 11 is 9.29. The van der Waals surface area contributed by atoms with Gasteiger partial charge in [-0.05, 0) is 32.4 Å². The van der Waals surface area contributed by atoms with Crippen LogP contribution in [0.5, 0.6) is 0 Å². The molecule has 0 saturated carbocycles. The van der Waals surface area contributed by atoms with Crippen LogP contribution < -0.4 is 0 Å².